The Morgan fingerprint density at radius 2 is 2.05 bits per heavy atom. The molecular weight excluding hydrogens is 371 g/mol. The molecule has 0 aliphatic carbocycles. The largest absolute Gasteiger partial charge is 0.378 e. The van der Waals surface area contributed by atoms with Gasteiger partial charge in [0.05, 0.1) is 19.8 Å². The van der Waals surface area contributed by atoms with Gasteiger partial charge in [0.2, 0.25) is 5.91 Å². The van der Waals surface area contributed by atoms with E-state index in [1.807, 2.05) is 18.2 Å². The molecule has 108 valence electrons. The van der Waals surface area contributed by atoms with Crippen LogP contribution in [0, 0.1) is 3.57 Å². The quantitative estimate of drug-likeness (QED) is 0.732. The maximum atomic E-state index is 12.2. The first-order chi connectivity index (χ1) is 9.58. The van der Waals surface area contributed by atoms with Gasteiger partial charge in [-0.1, -0.05) is 6.07 Å². The molecule has 0 aromatic heterocycles. The van der Waals surface area contributed by atoms with Crippen LogP contribution >= 0.6 is 22.6 Å². The maximum absolute atomic E-state index is 12.2. The number of ether oxygens (including phenoxy) is 1. The van der Waals surface area contributed by atoms with Crippen molar-refractivity contribution in [2.45, 2.75) is 0 Å². The second-order valence-electron chi connectivity index (χ2n) is 4.66. The van der Waals surface area contributed by atoms with E-state index in [2.05, 4.69) is 22.6 Å². The minimum atomic E-state index is -0.134. The third-order valence-electron chi connectivity index (χ3n) is 3.15. The average Bonchev–Trinajstić information content (AvgIpc) is 2.47. The van der Waals surface area contributed by atoms with Gasteiger partial charge in [0.15, 0.2) is 0 Å². The predicted octanol–water partition coefficient (Wildman–Crippen LogP) is 1.22. The Balaban J connectivity index is 1.95. The summed E-state index contributed by atoms with van der Waals surface area (Å²) in [5, 5.41) is 0. The highest BCUT2D eigenvalue weighted by molar-refractivity contribution is 14.1. The van der Waals surface area contributed by atoms with E-state index >= 15 is 0 Å². The van der Waals surface area contributed by atoms with Crippen molar-refractivity contribution in [2.75, 3.05) is 39.9 Å². The molecule has 1 fully saturated rings. The molecule has 6 heteroatoms. The fraction of sp³-hybridized carbons (Fsp3) is 0.429. The fourth-order valence-electron chi connectivity index (χ4n) is 2.03. The molecule has 1 saturated heterocycles. The molecule has 1 aliphatic rings. The van der Waals surface area contributed by atoms with Crippen molar-refractivity contribution < 1.29 is 14.3 Å². The summed E-state index contributed by atoms with van der Waals surface area (Å²) in [4.78, 5) is 27.5. The molecule has 0 N–H and O–H groups in total. The van der Waals surface area contributed by atoms with Gasteiger partial charge >= 0.3 is 0 Å². The number of benzene rings is 1. The zero-order valence-electron chi connectivity index (χ0n) is 11.3. The molecule has 0 saturated carbocycles. The second-order valence-corrected chi connectivity index (χ2v) is 5.91. The molecule has 0 bridgehead atoms. The summed E-state index contributed by atoms with van der Waals surface area (Å²) in [6.07, 6.45) is 0. The van der Waals surface area contributed by atoms with E-state index in [4.69, 9.17) is 4.74 Å². The Kier molecular flexibility index (Phi) is 5.36. The number of amides is 2. The maximum Gasteiger partial charge on any atom is 0.254 e. The zero-order valence-corrected chi connectivity index (χ0v) is 13.5. The molecule has 0 atom stereocenters. The summed E-state index contributed by atoms with van der Waals surface area (Å²) < 4.78 is 6.21. The van der Waals surface area contributed by atoms with Crippen LogP contribution in [0.5, 0.6) is 0 Å². The number of morpholine rings is 1. The molecule has 2 rings (SSSR count). The Bertz CT molecular complexity index is 501. The van der Waals surface area contributed by atoms with E-state index < -0.39 is 0 Å². The lowest BCUT2D eigenvalue weighted by Crippen LogP contribution is -2.46. The summed E-state index contributed by atoms with van der Waals surface area (Å²) in [5.74, 6) is -0.167. The van der Waals surface area contributed by atoms with Crippen LogP contribution in [0.15, 0.2) is 24.3 Å². The highest BCUT2D eigenvalue weighted by Crippen LogP contribution is 2.10. The van der Waals surface area contributed by atoms with Crippen LogP contribution in [0.2, 0.25) is 0 Å². The van der Waals surface area contributed by atoms with Crippen molar-refractivity contribution in [1.82, 2.24) is 9.80 Å². The van der Waals surface area contributed by atoms with Gasteiger partial charge in [-0.2, -0.15) is 0 Å². The van der Waals surface area contributed by atoms with Crippen LogP contribution in [0.1, 0.15) is 10.4 Å². The highest BCUT2D eigenvalue weighted by atomic mass is 127. The minimum Gasteiger partial charge on any atom is -0.378 e. The first kappa shape index (κ1) is 15.2. The molecule has 0 unspecified atom stereocenters. The smallest absolute Gasteiger partial charge is 0.254 e. The van der Waals surface area contributed by atoms with Crippen LogP contribution in [0.3, 0.4) is 0 Å². The molecule has 1 aromatic rings. The van der Waals surface area contributed by atoms with Gasteiger partial charge in [-0.3, -0.25) is 9.59 Å². The third kappa shape index (κ3) is 3.92. The summed E-state index contributed by atoms with van der Waals surface area (Å²) in [5.41, 5.74) is 0.606. The molecular formula is C14H17IN2O3. The zero-order chi connectivity index (χ0) is 14.5. The standard InChI is InChI=1S/C14H17IN2O3/c1-16(10-13(18)17-5-7-20-8-6-17)14(19)11-3-2-4-12(15)9-11/h2-4,9H,5-8,10H2,1H3. The van der Waals surface area contributed by atoms with Gasteiger partial charge in [-0.05, 0) is 40.8 Å². The van der Waals surface area contributed by atoms with Crippen LogP contribution in [-0.2, 0) is 9.53 Å². The van der Waals surface area contributed by atoms with Gasteiger partial charge in [0.25, 0.3) is 5.91 Å². The number of halogens is 1. The van der Waals surface area contributed by atoms with Crippen LogP contribution in [0.25, 0.3) is 0 Å². The van der Waals surface area contributed by atoms with Crippen LogP contribution in [-0.4, -0.2) is 61.5 Å². The number of carbonyl (C=O) groups excluding carboxylic acids is 2. The van der Waals surface area contributed by atoms with Crippen molar-refractivity contribution in [3.05, 3.63) is 33.4 Å². The highest BCUT2D eigenvalue weighted by Gasteiger charge is 2.21. The number of likely N-dealkylation sites (N-methyl/N-ethyl adjacent to an activating group) is 1. The van der Waals surface area contributed by atoms with Crippen LogP contribution < -0.4 is 0 Å². The first-order valence-electron chi connectivity index (χ1n) is 6.44. The first-order valence-corrected chi connectivity index (χ1v) is 7.52. The molecule has 20 heavy (non-hydrogen) atoms. The number of hydrogen-bond donors (Lipinski definition) is 0. The molecule has 1 aromatic carbocycles. The minimum absolute atomic E-state index is 0.0326. The van der Waals surface area contributed by atoms with Gasteiger partial charge in [0.1, 0.15) is 0 Å². The monoisotopic (exact) mass is 388 g/mol. The Hall–Kier alpha value is -1.15. The van der Waals surface area contributed by atoms with Gasteiger partial charge in [-0.15, -0.1) is 0 Å². The summed E-state index contributed by atoms with van der Waals surface area (Å²) in [6, 6.07) is 7.35. The van der Waals surface area contributed by atoms with E-state index in [1.54, 1.807) is 18.0 Å². The van der Waals surface area contributed by atoms with Crippen molar-refractivity contribution in [3.8, 4) is 0 Å². The molecule has 0 spiro atoms. The second kappa shape index (κ2) is 7.03. The van der Waals surface area contributed by atoms with Gasteiger partial charge in [0, 0.05) is 29.3 Å². The van der Waals surface area contributed by atoms with Gasteiger partial charge < -0.3 is 14.5 Å². The fourth-order valence-corrected chi connectivity index (χ4v) is 2.57. The Labute approximate surface area is 132 Å². The van der Waals surface area contributed by atoms with Gasteiger partial charge in [-0.25, -0.2) is 0 Å². The van der Waals surface area contributed by atoms with Crippen LogP contribution in [0.4, 0.5) is 0 Å². The molecule has 1 aliphatic heterocycles. The summed E-state index contributed by atoms with van der Waals surface area (Å²) in [7, 11) is 1.65. The Morgan fingerprint density at radius 3 is 2.70 bits per heavy atom. The van der Waals surface area contributed by atoms with E-state index in [0.717, 1.165) is 3.57 Å². The lowest BCUT2D eigenvalue weighted by atomic mass is 10.2. The van der Waals surface area contributed by atoms with E-state index in [9.17, 15) is 9.59 Å². The number of nitrogens with zero attached hydrogens (tertiary/aromatic N) is 2. The summed E-state index contributed by atoms with van der Waals surface area (Å²) in [6.45, 7) is 2.44. The molecule has 0 radical (unpaired) electrons. The Morgan fingerprint density at radius 1 is 1.35 bits per heavy atom. The van der Waals surface area contributed by atoms with Crippen molar-refractivity contribution >= 4 is 34.4 Å². The molecule has 2 amide bonds. The van der Waals surface area contributed by atoms with Crippen molar-refractivity contribution in [2.24, 2.45) is 0 Å². The SMILES string of the molecule is CN(CC(=O)N1CCOCC1)C(=O)c1cccc(I)c1. The van der Waals surface area contributed by atoms with Crippen molar-refractivity contribution in [3.63, 3.8) is 0 Å². The number of carbonyl (C=O) groups is 2. The molecule has 5 nitrogen and oxygen atoms in total. The predicted molar refractivity (Wildman–Crippen MR) is 83.5 cm³/mol. The van der Waals surface area contributed by atoms with Crippen molar-refractivity contribution in [1.29, 1.82) is 0 Å². The summed E-state index contributed by atoms with van der Waals surface area (Å²) >= 11 is 2.16. The van der Waals surface area contributed by atoms with E-state index in [1.165, 1.54) is 4.90 Å². The third-order valence-corrected chi connectivity index (χ3v) is 3.83. The topological polar surface area (TPSA) is 49.9 Å². The number of hydrogen-bond acceptors (Lipinski definition) is 3. The lowest BCUT2D eigenvalue weighted by Gasteiger charge is -2.28. The lowest BCUT2D eigenvalue weighted by molar-refractivity contribution is -0.135. The number of rotatable bonds is 3. The van der Waals surface area contributed by atoms with E-state index in [-0.39, 0.29) is 18.4 Å². The average molecular weight is 388 g/mol. The van der Waals surface area contributed by atoms with E-state index in [0.29, 0.717) is 31.9 Å². The molecule has 1 heterocycles. The normalized spacial score (nSPS) is 15.0.